The molecule has 0 radical (unpaired) electrons. The van der Waals surface area contributed by atoms with Gasteiger partial charge in [-0.15, -0.1) is 0 Å². The van der Waals surface area contributed by atoms with Crippen LogP contribution in [0.1, 0.15) is 28.5 Å². The molecule has 3 heteroatoms. The zero-order valence-corrected chi connectivity index (χ0v) is 12.8. The molecule has 0 aliphatic heterocycles. The van der Waals surface area contributed by atoms with E-state index in [2.05, 4.69) is 56.4 Å². The van der Waals surface area contributed by atoms with Crippen LogP contribution in [0, 0.1) is 13.8 Å². The molecule has 108 valence electrons. The van der Waals surface area contributed by atoms with E-state index < -0.39 is 0 Å². The van der Waals surface area contributed by atoms with E-state index in [1.54, 1.807) is 6.26 Å². The summed E-state index contributed by atoms with van der Waals surface area (Å²) in [5.41, 5.74) is 4.08. The van der Waals surface area contributed by atoms with E-state index >= 15 is 0 Å². The van der Waals surface area contributed by atoms with Crippen LogP contribution in [0.3, 0.4) is 0 Å². The third kappa shape index (κ3) is 3.50. The van der Waals surface area contributed by atoms with Crippen LogP contribution in [-0.4, -0.2) is 25.5 Å². The number of hydrogen-bond acceptors (Lipinski definition) is 3. The first-order valence-corrected chi connectivity index (χ1v) is 7.05. The number of likely N-dealkylation sites (N-methyl/N-ethyl adjacent to an activating group) is 1. The van der Waals surface area contributed by atoms with Crippen molar-refractivity contribution >= 4 is 0 Å². The Morgan fingerprint density at radius 1 is 1.15 bits per heavy atom. The van der Waals surface area contributed by atoms with Gasteiger partial charge in [-0.1, -0.05) is 18.2 Å². The Labute approximate surface area is 121 Å². The van der Waals surface area contributed by atoms with Crippen LogP contribution in [0.5, 0.6) is 0 Å². The van der Waals surface area contributed by atoms with Crippen molar-refractivity contribution in [2.75, 3.05) is 20.6 Å². The molecule has 1 unspecified atom stereocenters. The van der Waals surface area contributed by atoms with Crippen LogP contribution in [0.4, 0.5) is 0 Å². The monoisotopic (exact) mass is 272 g/mol. The van der Waals surface area contributed by atoms with E-state index in [4.69, 9.17) is 4.42 Å². The van der Waals surface area contributed by atoms with Crippen molar-refractivity contribution in [2.24, 2.45) is 0 Å². The van der Waals surface area contributed by atoms with Crippen molar-refractivity contribution in [1.82, 2.24) is 10.2 Å². The number of rotatable bonds is 6. The van der Waals surface area contributed by atoms with E-state index in [0.717, 1.165) is 18.8 Å². The van der Waals surface area contributed by atoms with Crippen LogP contribution in [-0.2, 0) is 6.54 Å². The molecule has 0 bridgehead atoms. The number of nitrogens with zero attached hydrogens (tertiary/aromatic N) is 1. The summed E-state index contributed by atoms with van der Waals surface area (Å²) in [6.07, 6.45) is 1.73. The SMILES string of the molecule is Cc1cccc(CNCC(c2ccco2)N(C)C)c1C. The van der Waals surface area contributed by atoms with E-state index in [-0.39, 0.29) is 6.04 Å². The van der Waals surface area contributed by atoms with Gasteiger partial charge in [-0.25, -0.2) is 0 Å². The molecule has 3 nitrogen and oxygen atoms in total. The number of nitrogens with one attached hydrogen (secondary N) is 1. The van der Waals surface area contributed by atoms with E-state index in [1.165, 1.54) is 16.7 Å². The Bertz CT molecular complexity index is 532. The lowest BCUT2D eigenvalue weighted by atomic mass is 10.0. The maximum absolute atomic E-state index is 5.52. The second-order valence-electron chi connectivity index (χ2n) is 5.48. The van der Waals surface area contributed by atoms with Crippen LogP contribution < -0.4 is 5.32 Å². The van der Waals surface area contributed by atoms with E-state index in [1.807, 2.05) is 12.1 Å². The van der Waals surface area contributed by atoms with Crippen molar-refractivity contribution in [3.8, 4) is 0 Å². The maximum atomic E-state index is 5.52. The molecule has 20 heavy (non-hydrogen) atoms. The van der Waals surface area contributed by atoms with Gasteiger partial charge in [-0.3, -0.25) is 4.90 Å². The van der Waals surface area contributed by atoms with Crippen molar-refractivity contribution in [1.29, 1.82) is 0 Å². The number of hydrogen-bond donors (Lipinski definition) is 1. The summed E-state index contributed by atoms with van der Waals surface area (Å²) in [4.78, 5) is 2.18. The van der Waals surface area contributed by atoms with Gasteiger partial charge in [0.15, 0.2) is 0 Å². The highest BCUT2D eigenvalue weighted by atomic mass is 16.3. The Hall–Kier alpha value is -1.58. The Balaban J connectivity index is 1.96. The molecule has 0 saturated carbocycles. The fraction of sp³-hybridized carbons (Fsp3) is 0.412. The summed E-state index contributed by atoms with van der Waals surface area (Å²) in [5, 5.41) is 3.54. The molecule has 2 rings (SSSR count). The first-order chi connectivity index (χ1) is 9.59. The first kappa shape index (κ1) is 14.8. The van der Waals surface area contributed by atoms with Gasteiger partial charge in [-0.2, -0.15) is 0 Å². The lowest BCUT2D eigenvalue weighted by molar-refractivity contribution is 0.250. The van der Waals surface area contributed by atoms with Gasteiger partial charge < -0.3 is 9.73 Å². The summed E-state index contributed by atoms with van der Waals surface area (Å²) < 4.78 is 5.52. The predicted molar refractivity (Wildman–Crippen MR) is 82.8 cm³/mol. The highest BCUT2D eigenvalue weighted by Crippen LogP contribution is 2.18. The minimum absolute atomic E-state index is 0.259. The Kier molecular flexibility index (Phi) is 4.99. The highest BCUT2D eigenvalue weighted by Gasteiger charge is 2.16. The third-order valence-corrected chi connectivity index (χ3v) is 3.86. The molecule has 0 fully saturated rings. The lowest BCUT2D eigenvalue weighted by Gasteiger charge is -2.23. The minimum atomic E-state index is 0.259. The van der Waals surface area contributed by atoms with Crippen molar-refractivity contribution in [2.45, 2.75) is 26.4 Å². The van der Waals surface area contributed by atoms with Crippen LogP contribution in [0.2, 0.25) is 0 Å². The number of furan rings is 1. The van der Waals surface area contributed by atoms with E-state index in [0.29, 0.717) is 0 Å². The fourth-order valence-corrected chi connectivity index (χ4v) is 2.37. The molecule has 0 saturated heterocycles. The standard InChI is InChI=1S/C17H24N2O/c1-13-7-5-8-15(14(13)2)11-18-12-16(19(3)4)17-9-6-10-20-17/h5-10,16,18H,11-12H2,1-4H3. The molecule has 1 heterocycles. The second kappa shape index (κ2) is 6.73. The zero-order valence-electron chi connectivity index (χ0n) is 12.8. The molecule has 0 spiro atoms. The number of aryl methyl sites for hydroxylation is 1. The molecule has 1 aromatic heterocycles. The largest absolute Gasteiger partial charge is 0.468 e. The average molecular weight is 272 g/mol. The summed E-state index contributed by atoms with van der Waals surface area (Å²) in [6, 6.07) is 10.7. The minimum Gasteiger partial charge on any atom is -0.468 e. The molecule has 2 aromatic rings. The molecule has 1 aromatic carbocycles. The summed E-state index contributed by atoms with van der Waals surface area (Å²) in [6.45, 7) is 6.10. The van der Waals surface area contributed by atoms with Gasteiger partial charge in [0.1, 0.15) is 5.76 Å². The summed E-state index contributed by atoms with van der Waals surface area (Å²) in [5.74, 6) is 1.00. The zero-order chi connectivity index (χ0) is 14.5. The summed E-state index contributed by atoms with van der Waals surface area (Å²) in [7, 11) is 4.15. The third-order valence-electron chi connectivity index (χ3n) is 3.86. The molecule has 0 aliphatic rings. The quantitative estimate of drug-likeness (QED) is 0.874. The van der Waals surface area contributed by atoms with Crippen molar-refractivity contribution in [3.05, 3.63) is 59.0 Å². The molecule has 0 aliphatic carbocycles. The van der Waals surface area contributed by atoms with Gasteiger partial charge in [0.05, 0.1) is 12.3 Å². The van der Waals surface area contributed by atoms with Crippen LogP contribution >= 0.6 is 0 Å². The summed E-state index contributed by atoms with van der Waals surface area (Å²) >= 11 is 0. The Morgan fingerprint density at radius 2 is 1.95 bits per heavy atom. The fourth-order valence-electron chi connectivity index (χ4n) is 2.37. The normalized spacial score (nSPS) is 12.8. The maximum Gasteiger partial charge on any atom is 0.122 e. The first-order valence-electron chi connectivity index (χ1n) is 7.05. The Morgan fingerprint density at radius 3 is 2.60 bits per heavy atom. The average Bonchev–Trinajstić information content (AvgIpc) is 2.92. The van der Waals surface area contributed by atoms with Gasteiger partial charge in [0.2, 0.25) is 0 Å². The van der Waals surface area contributed by atoms with Gasteiger partial charge >= 0.3 is 0 Å². The smallest absolute Gasteiger partial charge is 0.122 e. The van der Waals surface area contributed by atoms with Crippen molar-refractivity contribution in [3.63, 3.8) is 0 Å². The van der Waals surface area contributed by atoms with Crippen LogP contribution in [0.15, 0.2) is 41.0 Å². The highest BCUT2D eigenvalue weighted by molar-refractivity contribution is 5.32. The van der Waals surface area contributed by atoms with E-state index in [9.17, 15) is 0 Å². The molecule has 1 atom stereocenters. The number of benzene rings is 1. The van der Waals surface area contributed by atoms with Gasteiger partial charge in [0, 0.05) is 13.1 Å². The van der Waals surface area contributed by atoms with Crippen molar-refractivity contribution < 1.29 is 4.42 Å². The molecular formula is C17H24N2O. The van der Waals surface area contributed by atoms with Gasteiger partial charge in [0.25, 0.3) is 0 Å². The molecule has 0 amide bonds. The molecular weight excluding hydrogens is 248 g/mol. The van der Waals surface area contributed by atoms with Gasteiger partial charge in [-0.05, 0) is 56.8 Å². The van der Waals surface area contributed by atoms with Crippen LogP contribution in [0.25, 0.3) is 0 Å². The predicted octanol–water partition coefficient (Wildman–Crippen LogP) is 3.29. The second-order valence-corrected chi connectivity index (χ2v) is 5.48. The lowest BCUT2D eigenvalue weighted by Crippen LogP contribution is -2.30. The molecule has 1 N–H and O–H groups in total. The topological polar surface area (TPSA) is 28.4 Å².